The van der Waals surface area contributed by atoms with Crippen molar-refractivity contribution >= 4 is 23.0 Å². The molecule has 1 unspecified atom stereocenters. The van der Waals surface area contributed by atoms with Crippen LogP contribution in [0.2, 0.25) is 0 Å². The van der Waals surface area contributed by atoms with Gasteiger partial charge in [-0.15, -0.1) is 0 Å². The van der Waals surface area contributed by atoms with E-state index in [-0.39, 0.29) is 6.61 Å². The first-order valence-electron chi connectivity index (χ1n) is 7.87. The summed E-state index contributed by atoms with van der Waals surface area (Å²) >= 11 is 5.24. The lowest BCUT2D eigenvalue weighted by Crippen LogP contribution is -2.37. The number of nitrogens with two attached hydrogens (primary N) is 1. The molecule has 5 heteroatoms. The van der Waals surface area contributed by atoms with E-state index in [1.807, 2.05) is 0 Å². The standard InChI is InChI=1S/C16H23N3OS/c17-15(21)13-9-12-4-1-5-14(12)18-16(13)19-7-2-3-11(10-19)6-8-20/h9,11,20H,1-8,10H2,(H2,17,21). The van der Waals surface area contributed by atoms with Gasteiger partial charge in [0.1, 0.15) is 10.8 Å². The number of piperidine rings is 1. The fourth-order valence-corrected chi connectivity index (χ4v) is 3.71. The van der Waals surface area contributed by atoms with Gasteiger partial charge in [0.2, 0.25) is 0 Å². The molecule has 1 aromatic heterocycles. The molecule has 0 amide bonds. The van der Waals surface area contributed by atoms with E-state index in [1.165, 1.54) is 24.1 Å². The lowest BCUT2D eigenvalue weighted by atomic mass is 9.94. The Bertz CT molecular complexity index is 545. The topological polar surface area (TPSA) is 62.4 Å². The van der Waals surface area contributed by atoms with Gasteiger partial charge in [0.15, 0.2) is 0 Å². The first kappa shape index (κ1) is 14.7. The van der Waals surface area contributed by atoms with Crippen LogP contribution in [-0.4, -0.2) is 34.8 Å². The highest BCUT2D eigenvalue weighted by Gasteiger charge is 2.25. The van der Waals surface area contributed by atoms with Gasteiger partial charge in [-0.05, 0) is 56.1 Å². The van der Waals surface area contributed by atoms with Crippen molar-refractivity contribution in [3.8, 4) is 0 Å². The van der Waals surface area contributed by atoms with Crippen molar-refractivity contribution in [2.24, 2.45) is 11.7 Å². The van der Waals surface area contributed by atoms with Crippen molar-refractivity contribution in [3.63, 3.8) is 0 Å². The average Bonchev–Trinajstić information content (AvgIpc) is 2.94. The number of nitrogens with zero attached hydrogens (tertiary/aromatic N) is 2. The number of aryl methyl sites for hydroxylation is 2. The highest BCUT2D eigenvalue weighted by Crippen LogP contribution is 2.30. The summed E-state index contributed by atoms with van der Waals surface area (Å²) in [4.78, 5) is 7.65. The maximum absolute atomic E-state index is 9.17. The fraction of sp³-hybridized carbons (Fsp3) is 0.625. The number of rotatable bonds is 4. The molecular formula is C16H23N3OS. The van der Waals surface area contributed by atoms with E-state index in [0.717, 1.165) is 50.2 Å². The number of hydrogen-bond acceptors (Lipinski definition) is 4. The minimum atomic E-state index is 0.262. The Morgan fingerprint density at radius 1 is 1.43 bits per heavy atom. The van der Waals surface area contributed by atoms with E-state index < -0.39 is 0 Å². The third kappa shape index (κ3) is 3.04. The second-order valence-electron chi connectivity index (χ2n) is 6.15. The largest absolute Gasteiger partial charge is 0.396 e. The highest BCUT2D eigenvalue weighted by molar-refractivity contribution is 7.80. The van der Waals surface area contributed by atoms with Crippen LogP contribution in [0.15, 0.2) is 6.07 Å². The van der Waals surface area contributed by atoms with E-state index in [2.05, 4.69) is 11.0 Å². The number of aliphatic hydroxyl groups excluding tert-OH is 1. The molecule has 0 aromatic carbocycles. The second-order valence-corrected chi connectivity index (χ2v) is 6.59. The van der Waals surface area contributed by atoms with Crippen molar-refractivity contribution < 1.29 is 5.11 Å². The van der Waals surface area contributed by atoms with Gasteiger partial charge in [0.05, 0.1) is 5.56 Å². The molecule has 2 aliphatic rings. The van der Waals surface area contributed by atoms with E-state index in [1.54, 1.807) is 0 Å². The highest BCUT2D eigenvalue weighted by atomic mass is 32.1. The van der Waals surface area contributed by atoms with E-state index in [0.29, 0.717) is 10.9 Å². The Labute approximate surface area is 131 Å². The summed E-state index contributed by atoms with van der Waals surface area (Å²) in [5, 5.41) is 9.17. The van der Waals surface area contributed by atoms with E-state index >= 15 is 0 Å². The van der Waals surface area contributed by atoms with Gasteiger partial charge in [-0.1, -0.05) is 12.2 Å². The summed E-state index contributed by atoms with van der Waals surface area (Å²) in [6, 6.07) is 2.16. The molecule has 1 fully saturated rings. The Morgan fingerprint density at radius 2 is 2.29 bits per heavy atom. The number of fused-ring (bicyclic) bond motifs is 1. The molecule has 0 radical (unpaired) electrons. The zero-order chi connectivity index (χ0) is 14.8. The number of aliphatic hydroxyl groups is 1. The van der Waals surface area contributed by atoms with Crippen LogP contribution in [0.1, 0.15) is 42.5 Å². The number of aromatic nitrogens is 1. The molecule has 1 aromatic rings. The molecule has 0 spiro atoms. The molecule has 1 saturated heterocycles. The van der Waals surface area contributed by atoms with Crippen molar-refractivity contribution in [2.45, 2.75) is 38.5 Å². The van der Waals surface area contributed by atoms with Crippen molar-refractivity contribution in [1.29, 1.82) is 0 Å². The van der Waals surface area contributed by atoms with Crippen molar-refractivity contribution in [1.82, 2.24) is 4.98 Å². The molecule has 1 aliphatic heterocycles. The first-order valence-corrected chi connectivity index (χ1v) is 8.28. The number of pyridine rings is 1. The zero-order valence-corrected chi connectivity index (χ0v) is 13.2. The second kappa shape index (κ2) is 6.28. The van der Waals surface area contributed by atoms with Crippen LogP contribution in [0.4, 0.5) is 5.82 Å². The average molecular weight is 305 g/mol. The number of hydrogen-bond donors (Lipinski definition) is 2. The summed E-state index contributed by atoms with van der Waals surface area (Å²) in [5.41, 5.74) is 9.39. The molecule has 4 nitrogen and oxygen atoms in total. The van der Waals surface area contributed by atoms with Gasteiger partial charge in [-0.3, -0.25) is 0 Å². The minimum absolute atomic E-state index is 0.262. The predicted octanol–water partition coefficient (Wildman–Crippen LogP) is 1.80. The maximum atomic E-state index is 9.17. The molecule has 1 aliphatic carbocycles. The van der Waals surface area contributed by atoms with Gasteiger partial charge in [-0.25, -0.2) is 4.98 Å². The molecule has 0 bridgehead atoms. The normalized spacial score (nSPS) is 21.4. The van der Waals surface area contributed by atoms with Gasteiger partial charge >= 0.3 is 0 Å². The fourth-order valence-electron chi connectivity index (χ4n) is 3.56. The predicted molar refractivity (Wildman–Crippen MR) is 88.8 cm³/mol. The maximum Gasteiger partial charge on any atom is 0.139 e. The third-order valence-electron chi connectivity index (χ3n) is 4.65. The minimum Gasteiger partial charge on any atom is -0.396 e. The quantitative estimate of drug-likeness (QED) is 0.831. The summed E-state index contributed by atoms with van der Waals surface area (Å²) in [6.45, 7) is 2.21. The molecule has 3 rings (SSSR count). The van der Waals surface area contributed by atoms with Crippen LogP contribution in [-0.2, 0) is 12.8 Å². The lowest BCUT2D eigenvalue weighted by Gasteiger charge is -2.34. The Morgan fingerprint density at radius 3 is 3.05 bits per heavy atom. The van der Waals surface area contributed by atoms with Crippen LogP contribution in [0.5, 0.6) is 0 Å². The van der Waals surface area contributed by atoms with Crippen LogP contribution in [0.25, 0.3) is 0 Å². The monoisotopic (exact) mass is 305 g/mol. The SMILES string of the molecule is NC(=S)c1cc2c(nc1N1CCCC(CCO)C1)CCC2. The Kier molecular flexibility index (Phi) is 4.40. The third-order valence-corrected chi connectivity index (χ3v) is 4.87. The van der Waals surface area contributed by atoms with Gasteiger partial charge in [0.25, 0.3) is 0 Å². The summed E-state index contributed by atoms with van der Waals surface area (Å²) in [6.07, 6.45) is 6.52. The molecule has 114 valence electrons. The Hall–Kier alpha value is -1.20. The molecule has 3 N–H and O–H groups in total. The number of thiocarbonyl (C=S) groups is 1. The first-order chi connectivity index (χ1) is 10.2. The van der Waals surface area contributed by atoms with Gasteiger partial charge in [-0.2, -0.15) is 0 Å². The van der Waals surface area contributed by atoms with Gasteiger partial charge in [0, 0.05) is 25.4 Å². The van der Waals surface area contributed by atoms with Crippen LogP contribution in [0, 0.1) is 5.92 Å². The van der Waals surface area contributed by atoms with Crippen LogP contribution >= 0.6 is 12.2 Å². The smallest absolute Gasteiger partial charge is 0.139 e. The van der Waals surface area contributed by atoms with E-state index in [4.69, 9.17) is 22.9 Å². The van der Waals surface area contributed by atoms with Gasteiger partial charge < -0.3 is 15.7 Å². The van der Waals surface area contributed by atoms with E-state index in [9.17, 15) is 5.11 Å². The van der Waals surface area contributed by atoms with Crippen molar-refractivity contribution in [3.05, 3.63) is 22.9 Å². The van der Waals surface area contributed by atoms with Crippen LogP contribution < -0.4 is 10.6 Å². The molecule has 2 heterocycles. The molecule has 1 atom stereocenters. The summed E-state index contributed by atoms with van der Waals surface area (Å²) in [7, 11) is 0. The summed E-state index contributed by atoms with van der Waals surface area (Å²) < 4.78 is 0. The zero-order valence-electron chi connectivity index (χ0n) is 12.3. The van der Waals surface area contributed by atoms with Crippen LogP contribution in [0.3, 0.4) is 0 Å². The summed E-state index contributed by atoms with van der Waals surface area (Å²) in [5.74, 6) is 1.50. The lowest BCUT2D eigenvalue weighted by molar-refractivity contribution is 0.244. The number of anilines is 1. The molecular weight excluding hydrogens is 282 g/mol. The molecule has 21 heavy (non-hydrogen) atoms. The Balaban J connectivity index is 1.91. The molecule has 0 saturated carbocycles. The van der Waals surface area contributed by atoms with Crippen molar-refractivity contribution in [2.75, 3.05) is 24.6 Å².